The van der Waals surface area contributed by atoms with Gasteiger partial charge in [-0.1, -0.05) is 34.1 Å². The third-order valence-electron chi connectivity index (χ3n) is 2.96. The van der Waals surface area contributed by atoms with E-state index in [-0.39, 0.29) is 0 Å². The van der Waals surface area contributed by atoms with Gasteiger partial charge in [0.05, 0.1) is 18.1 Å². The Labute approximate surface area is 125 Å². The molecule has 3 aromatic rings. The van der Waals surface area contributed by atoms with E-state index in [0.29, 0.717) is 0 Å². The first-order valence-electron chi connectivity index (χ1n) is 6.27. The van der Waals surface area contributed by atoms with Gasteiger partial charge in [0.2, 0.25) is 0 Å². The molecule has 20 heavy (non-hydrogen) atoms. The smallest absolute Gasteiger partial charge is 0.0858 e. The summed E-state index contributed by atoms with van der Waals surface area (Å²) in [4.78, 5) is 1.59. The van der Waals surface area contributed by atoms with Crippen molar-refractivity contribution in [2.75, 3.05) is 5.32 Å². The molecular formula is C15H13BrN4. The Bertz CT molecular complexity index is 677. The third-order valence-corrected chi connectivity index (χ3v) is 3.73. The van der Waals surface area contributed by atoms with Gasteiger partial charge in [0.25, 0.3) is 0 Å². The van der Waals surface area contributed by atoms with E-state index in [9.17, 15) is 0 Å². The molecule has 4 nitrogen and oxygen atoms in total. The van der Waals surface area contributed by atoms with E-state index < -0.39 is 0 Å². The summed E-state index contributed by atoms with van der Waals surface area (Å²) in [7, 11) is 0. The van der Waals surface area contributed by atoms with E-state index in [0.717, 1.165) is 22.4 Å². The summed E-state index contributed by atoms with van der Waals surface area (Å²) in [5, 5.41) is 11.6. The monoisotopic (exact) mass is 328 g/mol. The molecule has 0 radical (unpaired) electrons. The number of hydrogen-bond acceptors (Lipinski definition) is 3. The van der Waals surface area contributed by atoms with Gasteiger partial charge in [0.15, 0.2) is 0 Å². The first kappa shape index (κ1) is 12.9. The summed E-state index contributed by atoms with van der Waals surface area (Å²) < 4.78 is 1.12. The minimum atomic E-state index is 0.779. The standard InChI is InChI=1S/C15H13BrN4/c16-15-4-2-1-3-12(15)11-17-13-5-7-14(8-6-13)20-18-9-10-19-20/h1-10,17H,11H2. The first-order valence-corrected chi connectivity index (χ1v) is 7.06. The molecule has 0 saturated heterocycles. The minimum absolute atomic E-state index is 0.779. The third kappa shape index (κ3) is 2.88. The maximum atomic E-state index is 4.10. The van der Waals surface area contributed by atoms with Crippen molar-refractivity contribution in [3.8, 4) is 5.69 Å². The van der Waals surface area contributed by atoms with Crippen molar-refractivity contribution in [3.63, 3.8) is 0 Å². The van der Waals surface area contributed by atoms with Crippen LogP contribution >= 0.6 is 15.9 Å². The van der Waals surface area contributed by atoms with Crippen molar-refractivity contribution in [1.82, 2.24) is 15.0 Å². The molecule has 2 aromatic carbocycles. The average molecular weight is 329 g/mol. The van der Waals surface area contributed by atoms with Crippen molar-refractivity contribution >= 4 is 21.6 Å². The van der Waals surface area contributed by atoms with Gasteiger partial charge in [-0.2, -0.15) is 15.0 Å². The molecule has 1 N–H and O–H groups in total. The van der Waals surface area contributed by atoms with Crippen molar-refractivity contribution in [2.24, 2.45) is 0 Å². The molecule has 5 heteroatoms. The van der Waals surface area contributed by atoms with E-state index in [1.807, 2.05) is 42.5 Å². The summed E-state index contributed by atoms with van der Waals surface area (Å²) >= 11 is 3.55. The molecule has 1 heterocycles. The van der Waals surface area contributed by atoms with Crippen molar-refractivity contribution < 1.29 is 0 Å². The number of nitrogens with zero attached hydrogens (tertiary/aromatic N) is 3. The quantitative estimate of drug-likeness (QED) is 0.795. The molecule has 0 aliphatic heterocycles. The number of benzene rings is 2. The van der Waals surface area contributed by atoms with Gasteiger partial charge in [-0.05, 0) is 35.9 Å². The Morgan fingerprint density at radius 2 is 1.65 bits per heavy atom. The zero-order chi connectivity index (χ0) is 13.8. The Hall–Kier alpha value is -2.14. The normalized spacial score (nSPS) is 10.4. The fourth-order valence-electron chi connectivity index (χ4n) is 1.90. The van der Waals surface area contributed by atoms with E-state index in [4.69, 9.17) is 0 Å². The molecule has 0 amide bonds. The topological polar surface area (TPSA) is 42.7 Å². The van der Waals surface area contributed by atoms with E-state index >= 15 is 0 Å². The number of rotatable bonds is 4. The molecule has 0 fully saturated rings. The molecule has 1 aromatic heterocycles. The second-order valence-corrected chi connectivity index (χ2v) is 5.16. The van der Waals surface area contributed by atoms with Crippen LogP contribution in [0, 0.1) is 0 Å². The summed E-state index contributed by atoms with van der Waals surface area (Å²) in [5.41, 5.74) is 3.24. The molecule has 0 aliphatic rings. The Morgan fingerprint density at radius 3 is 2.35 bits per heavy atom. The minimum Gasteiger partial charge on any atom is -0.381 e. The van der Waals surface area contributed by atoms with Crippen LogP contribution in [0.3, 0.4) is 0 Å². The highest BCUT2D eigenvalue weighted by molar-refractivity contribution is 9.10. The number of nitrogens with one attached hydrogen (secondary N) is 1. The second kappa shape index (κ2) is 5.88. The fraction of sp³-hybridized carbons (Fsp3) is 0.0667. The van der Waals surface area contributed by atoms with Crippen LogP contribution in [0.25, 0.3) is 5.69 Å². The molecule has 3 rings (SSSR count). The van der Waals surface area contributed by atoms with Crippen molar-refractivity contribution in [1.29, 1.82) is 0 Å². The van der Waals surface area contributed by atoms with Crippen molar-refractivity contribution in [3.05, 3.63) is 71.0 Å². The molecule has 0 saturated carbocycles. The predicted octanol–water partition coefficient (Wildman–Crippen LogP) is 3.64. The summed E-state index contributed by atoms with van der Waals surface area (Å²) in [6.45, 7) is 0.779. The van der Waals surface area contributed by atoms with Gasteiger partial charge in [0, 0.05) is 16.7 Å². The van der Waals surface area contributed by atoms with Crippen LogP contribution in [-0.2, 0) is 6.54 Å². The number of hydrogen-bond donors (Lipinski definition) is 1. The lowest BCUT2D eigenvalue weighted by Gasteiger charge is -2.08. The summed E-state index contributed by atoms with van der Waals surface area (Å²) in [6, 6.07) is 16.2. The Kier molecular flexibility index (Phi) is 3.78. The Balaban J connectivity index is 1.68. The summed E-state index contributed by atoms with van der Waals surface area (Å²) in [5.74, 6) is 0. The average Bonchev–Trinajstić information content (AvgIpc) is 3.01. The van der Waals surface area contributed by atoms with E-state index in [1.165, 1.54) is 5.56 Å². The fourth-order valence-corrected chi connectivity index (χ4v) is 2.33. The molecule has 0 atom stereocenters. The molecule has 0 spiro atoms. The molecule has 0 bridgehead atoms. The molecule has 0 aliphatic carbocycles. The van der Waals surface area contributed by atoms with Gasteiger partial charge in [-0.3, -0.25) is 0 Å². The van der Waals surface area contributed by atoms with Crippen LogP contribution in [0.15, 0.2) is 65.4 Å². The highest BCUT2D eigenvalue weighted by Gasteiger charge is 2.00. The summed E-state index contributed by atoms with van der Waals surface area (Å²) in [6.07, 6.45) is 3.33. The van der Waals surface area contributed by atoms with Crippen LogP contribution in [-0.4, -0.2) is 15.0 Å². The van der Waals surface area contributed by atoms with E-state index in [2.05, 4.69) is 37.5 Å². The van der Waals surface area contributed by atoms with Crippen LogP contribution in [0.2, 0.25) is 0 Å². The lowest BCUT2D eigenvalue weighted by Crippen LogP contribution is -2.01. The number of anilines is 1. The lowest BCUT2D eigenvalue weighted by atomic mass is 10.2. The SMILES string of the molecule is Brc1ccccc1CNc1ccc(-n2nccn2)cc1. The van der Waals surface area contributed by atoms with Gasteiger partial charge in [-0.25, -0.2) is 0 Å². The number of halogens is 1. The predicted molar refractivity (Wildman–Crippen MR) is 82.8 cm³/mol. The second-order valence-electron chi connectivity index (χ2n) is 4.31. The van der Waals surface area contributed by atoms with E-state index in [1.54, 1.807) is 17.2 Å². The van der Waals surface area contributed by atoms with Crippen LogP contribution in [0.5, 0.6) is 0 Å². The first-order chi connectivity index (χ1) is 9.83. The Morgan fingerprint density at radius 1 is 0.950 bits per heavy atom. The highest BCUT2D eigenvalue weighted by atomic mass is 79.9. The van der Waals surface area contributed by atoms with Crippen LogP contribution < -0.4 is 5.32 Å². The van der Waals surface area contributed by atoms with Gasteiger partial charge in [0.1, 0.15) is 0 Å². The lowest BCUT2D eigenvalue weighted by molar-refractivity contribution is 0.752. The van der Waals surface area contributed by atoms with Crippen molar-refractivity contribution in [2.45, 2.75) is 6.54 Å². The highest BCUT2D eigenvalue weighted by Crippen LogP contribution is 2.18. The maximum Gasteiger partial charge on any atom is 0.0858 e. The van der Waals surface area contributed by atoms with Crippen LogP contribution in [0.1, 0.15) is 5.56 Å². The van der Waals surface area contributed by atoms with Gasteiger partial charge in [-0.15, -0.1) is 0 Å². The van der Waals surface area contributed by atoms with Crippen LogP contribution in [0.4, 0.5) is 5.69 Å². The van der Waals surface area contributed by atoms with Gasteiger partial charge < -0.3 is 5.32 Å². The maximum absolute atomic E-state index is 4.10. The zero-order valence-electron chi connectivity index (χ0n) is 10.7. The zero-order valence-corrected chi connectivity index (χ0v) is 12.3. The molecular weight excluding hydrogens is 316 g/mol. The molecule has 0 unspecified atom stereocenters. The number of aromatic nitrogens is 3. The largest absolute Gasteiger partial charge is 0.381 e. The van der Waals surface area contributed by atoms with Gasteiger partial charge >= 0.3 is 0 Å². The molecule has 100 valence electrons.